The molecule has 0 radical (unpaired) electrons. The maximum absolute atomic E-state index is 5.71. The number of hydrogen-bond acceptors (Lipinski definition) is 5. The fraction of sp³-hybridized carbons (Fsp3) is 0.300. The van der Waals surface area contributed by atoms with Crippen LogP contribution in [-0.4, -0.2) is 27.8 Å². The zero-order valence-corrected chi connectivity index (χ0v) is 15.5. The van der Waals surface area contributed by atoms with Gasteiger partial charge in [0.2, 0.25) is 5.89 Å². The standard InChI is InChI=1S/C20H21N3O2S/c1-24-18-11-7-15(8-12-18)13-22(17-9-10-17)14-23-20(26)25-19(21-23)16-5-3-2-4-6-16/h2-8,11-12,17H,9-10,13-14H2,1H3. The Bertz CT molecular complexity index is 914. The van der Waals surface area contributed by atoms with E-state index in [4.69, 9.17) is 21.4 Å². The molecule has 2 aromatic carbocycles. The number of rotatable bonds is 7. The van der Waals surface area contributed by atoms with Gasteiger partial charge in [-0.05, 0) is 54.9 Å². The van der Waals surface area contributed by atoms with E-state index in [9.17, 15) is 0 Å². The lowest BCUT2D eigenvalue weighted by Gasteiger charge is -2.21. The number of methoxy groups -OCH3 is 1. The first-order valence-electron chi connectivity index (χ1n) is 8.73. The molecule has 0 spiro atoms. The van der Waals surface area contributed by atoms with E-state index in [0.717, 1.165) is 17.9 Å². The summed E-state index contributed by atoms with van der Waals surface area (Å²) in [5, 5.41) is 4.58. The Morgan fingerprint density at radius 1 is 1.15 bits per heavy atom. The van der Waals surface area contributed by atoms with E-state index in [1.807, 2.05) is 42.5 Å². The van der Waals surface area contributed by atoms with Crippen molar-refractivity contribution in [3.05, 3.63) is 65.0 Å². The van der Waals surface area contributed by atoms with E-state index in [0.29, 0.717) is 23.4 Å². The van der Waals surface area contributed by atoms with Gasteiger partial charge < -0.3 is 9.15 Å². The highest BCUT2D eigenvalue weighted by atomic mass is 32.1. The highest BCUT2D eigenvalue weighted by Crippen LogP contribution is 2.29. The van der Waals surface area contributed by atoms with E-state index < -0.39 is 0 Å². The molecular formula is C20H21N3O2S. The summed E-state index contributed by atoms with van der Waals surface area (Å²) in [6, 6.07) is 18.6. The highest BCUT2D eigenvalue weighted by Gasteiger charge is 2.29. The molecule has 0 bridgehead atoms. The highest BCUT2D eigenvalue weighted by molar-refractivity contribution is 7.71. The molecule has 0 amide bonds. The summed E-state index contributed by atoms with van der Waals surface area (Å²) in [4.78, 5) is 2.80. The minimum atomic E-state index is 0.407. The van der Waals surface area contributed by atoms with E-state index in [1.54, 1.807) is 11.8 Å². The molecule has 1 heterocycles. The molecule has 0 N–H and O–H groups in total. The first-order chi connectivity index (χ1) is 12.7. The van der Waals surface area contributed by atoms with Crippen LogP contribution < -0.4 is 4.74 Å². The smallest absolute Gasteiger partial charge is 0.288 e. The van der Waals surface area contributed by atoms with E-state index in [1.165, 1.54) is 18.4 Å². The summed E-state index contributed by atoms with van der Waals surface area (Å²) >= 11 is 5.39. The van der Waals surface area contributed by atoms with Gasteiger partial charge >= 0.3 is 0 Å². The maximum atomic E-state index is 5.71. The summed E-state index contributed by atoms with van der Waals surface area (Å²) in [5.41, 5.74) is 2.18. The van der Waals surface area contributed by atoms with Crippen LogP contribution >= 0.6 is 12.2 Å². The van der Waals surface area contributed by atoms with Gasteiger partial charge in [0, 0.05) is 18.2 Å². The molecule has 134 valence electrons. The molecule has 1 aromatic heterocycles. The summed E-state index contributed by atoms with van der Waals surface area (Å²) in [7, 11) is 1.68. The molecule has 0 atom stereocenters. The third-order valence-corrected chi connectivity index (χ3v) is 4.84. The predicted octanol–water partition coefficient (Wildman–Crippen LogP) is 4.50. The largest absolute Gasteiger partial charge is 0.497 e. The molecular weight excluding hydrogens is 346 g/mol. The molecule has 1 fully saturated rings. The van der Waals surface area contributed by atoms with Gasteiger partial charge in [-0.2, -0.15) is 0 Å². The van der Waals surface area contributed by atoms with Gasteiger partial charge in [0.25, 0.3) is 4.84 Å². The van der Waals surface area contributed by atoms with Gasteiger partial charge in [-0.3, -0.25) is 4.90 Å². The summed E-state index contributed by atoms with van der Waals surface area (Å²) in [6.45, 7) is 1.48. The zero-order valence-electron chi connectivity index (χ0n) is 14.7. The van der Waals surface area contributed by atoms with E-state index >= 15 is 0 Å². The molecule has 0 aliphatic heterocycles. The second kappa shape index (κ2) is 7.43. The molecule has 1 saturated carbocycles. The van der Waals surface area contributed by atoms with Gasteiger partial charge in [0.15, 0.2) is 0 Å². The van der Waals surface area contributed by atoms with Crippen molar-refractivity contribution in [2.24, 2.45) is 0 Å². The van der Waals surface area contributed by atoms with Crippen molar-refractivity contribution in [2.45, 2.75) is 32.1 Å². The summed E-state index contributed by atoms with van der Waals surface area (Å²) < 4.78 is 12.7. The van der Waals surface area contributed by atoms with E-state index in [-0.39, 0.29) is 0 Å². The number of ether oxygens (including phenoxy) is 1. The number of nitrogens with zero attached hydrogens (tertiary/aromatic N) is 3. The Morgan fingerprint density at radius 2 is 1.88 bits per heavy atom. The van der Waals surface area contributed by atoms with Gasteiger partial charge in [-0.25, -0.2) is 4.68 Å². The van der Waals surface area contributed by atoms with Crippen molar-refractivity contribution in [1.29, 1.82) is 0 Å². The molecule has 4 rings (SSSR count). The number of aromatic nitrogens is 2. The summed E-state index contributed by atoms with van der Waals surface area (Å²) in [5.74, 6) is 1.44. The topological polar surface area (TPSA) is 43.4 Å². The third kappa shape index (κ3) is 3.86. The Balaban J connectivity index is 1.52. The van der Waals surface area contributed by atoms with Crippen LogP contribution in [0.4, 0.5) is 0 Å². The Morgan fingerprint density at radius 3 is 2.54 bits per heavy atom. The minimum Gasteiger partial charge on any atom is -0.497 e. The Kier molecular flexibility index (Phi) is 4.86. The normalized spacial score (nSPS) is 13.9. The second-order valence-corrected chi connectivity index (χ2v) is 6.86. The average molecular weight is 367 g/mol. The van der Waals surface area contributed by atoms with Crippen LogP contribution in [0.2, 0.25) is 0 Å². The van der Waals surface area contributed by atoms with Crippen molar-refractivity contribution in [2.75, 3.05) is 7.11 Å². The lowest BCUT2D eigenvalue weighted by Crippen LogP contribution is -2.28. The predicted molar refractivity (Wildman–Crippen MR) is 102 cm³/mol. The van der Waals surface area contributed by atoms with Crippen molar-refractivity contribution in [3.8, 4) is 17.2 Å². The molecule has 5 nitrogen and oxygen atoms in total. The quantitative estimate of drug-likeness (QED) is 0.575. The van der Waals surface area contributed by atoms with Gasteiger partial charge in [-0.1, -0.05) is 30.3 Å². The fourth-order valence-electron chi connectivity index (χ4n) is 2.96. The maximum Gasteiger partial charge on any atom is 0.288 e. The van der Waals surface area contributed by atoms with Crippen LogP contribution in [0.25, 0.3) is 11.5 Å². The molecule has 1 aliphatic carbocycles. The van der Waals surface area contributed by atoms with Crippen molar-refractivity contribution in [1.82, 2.24) is 14.7 Å². The van der Waals surface area contributed by atoms with Gasteiger partial charge in [0.05, 0.1) is 13.8 Å². The number of benzene rings is 2. The van der Waals surface area contributed by atoms with Crippen molar-refractivity contribution < 1.29 is 9.15 Å². The first-order valence-corrected chi connectivity index (χ1v) is 9.14. The van der Waals surface area contributed by atoms with Gasteiger partial charge in [-0.15, -0.1) is 5.10 Å². The molecule has 0 unspecified atom stereocenters. The molecule has 26 heavy (non-hydrogen) atoms. The van der Waals surface area contributed by atoms with Crippen LogP contribution in [0, 0.1) is 4.84 Å². The van der Waals surface area contributed by atoms with Gasteiger partial charge in [0.1, 0.15) is 5.75 Å². The lowest BCUT2D eigenvalue weighted by molar-refractivity contribution is 0.184. The monoisotopic (exact) mass is 367 g/mol. The second-order valence-electron chi connectivity index (χ2n) is 6.51. The minimum absolute atomic E-state index is 0.407. The van der Waals surface area contributed by atoms with Crippen LogP contribution in [0.5, 0.6) is 5.75 Å². The molecule has 0 saturated heterocycles. The van der Waals surface area contributed by atoms with Crippen molar-refractivity contribution in [3.63, 3.8) is 0 Å². The van der Waals surface area contributed by atoms with Crippen LogP contribution in [0.15, 0.2) is 59.0 Å². The number of hydrogen-bond donors (Lipinski definition) is 0. The molecule has 6 heteroatoms. The Labute approximate surface area is 157 Å². The SMILES string of the molecule is COc1ccc(CN(Cn2nc(-c3ccccc3)oc2=S)C2CC2)cc1. The van der Waals surface area contributed by atoms with Crippen LogP contribution in [0.1, 0.15) is 18.4 Å². The molecule has 1 aliphatic rings. The Hall–Kier alpha value is -2.44. The van der Waals surface area contributed by atoms with Crippen molar-refractivity contribution >= 4 is 12.2 Å². The third-order valence-electron chi connectivity index (χ3n) is 4.55. The zero-order chi connectivity index (χ0) is 17.9. The summed E-state index contributed by atoms with van der Waals surface area (Å²) in [6.07, 6.45) is 2.43. The first kappa shape index (κ1) is 17.0. The van der Waals surface area contributed by atoms with Crippen LogP contribution in [-0.2, 0) is 13.2 Å². The fourth-order valence-corrected chi connectivity index (χ4v) is 3.14. The van der Waals surface area contributed by atoms with Crippen LogP contribution in [0.3, 0.4) is 0 Å². The molecule has 3 aromatic rings. The van der Waals surface area contributed by atoms with E-state index in [2.05, 4.69) is 22.1 Å². The average Bonchev–Trinajstić information content (AvgIpc) is 3.46. The lowest BCUT2D eigenvalue weighted by atomic mass is 10.2.